The summed E-state index contributed by atoms with van der Waals surface area (Å²) in [4.78, 5) is 24.6. The van der Waals surface area contributed by atoms with Gasteiger partial charge in [0.25, 0.3) is 0 Å². The molecule has 0 aromatic carbocycles. The summed E-state index contributed by atoms with van der Waals surface area (Å²) in [6, 6.07) is 0. The fourth-order valence-electron chi connectivity index (χ4n) is 5.40. The zero-order chi connectivity index (χ0) is 26.3. The maximum atomic E-state index is 12.9. The summed E-state index contributed by atoms with van der Waals surface area (Å²) in [5.74, 6) is -2.49. The van der Waals surface area contributed by atoms with Crippen molar-refractivity contribution in [2.24, 2.45) is 11.8 Å². The number of carbonyl (C=O) groups is 2. The number of hydrogen-bond acceptors (Lipinski definition) is 3. The minimum atomic E-state index is -0.883. The molecule has 1 aliphatic rings. The number of aliphatic carboxylic acids is 1. The Kier molecular flexibility index (Phi) is 20.8. The molecule has 0 aromatic heterocycles. The number of esters is 1. The first kappa shape index (κ1) is 32.7. The molecule has 36 heavy (non-hydrogen) atoms. The zero-order valence-electron chi connectivity index (χ0n) is 23.8. The van der Waals surface area contributed by atoms with E-state index in [1.807, 2.05) is 6.08 Å². The molecule has 0 aromatic rings. The molecule has 0 radical (unpaired) electrons. The Hall–Kier alpha value is -1.32. The second-order valence-electron chi connectivity index (χ2n) is 11.1. The van der Waals surface area contributed by atoms with Crippen molar-refractivity contribution >= 4 is 11.9 Å². The van der Waals surface area contributed by atoms with Gasteiger partial charge >= 0.3 is 11.9 Å². The number of carboxylic acids is 1. The van der Waals surface area contributed by atoms with Gasteiger partial charge < -0.3 is 9.84 Å². The quantitative estimate of drug-likeness (QED) is 0.0803. The van der Waals surface area contributed by atoms with E-state index in [9.17, 15) is 14.7 Å². The summed E-state index contributed by atoms with van der Waals surface area (Å²) >= 11 is 0. The monoisotopic (exact) mass is 506 g/mol. The molecule has 4 nitrogen and oxygen atoms in total. The summed E-state index contributed by atoms with van der Waals surface area (Å²) < 4.78 is 5.97. The molecule has 0 heterocycles. The average molecular weight is 507 g/mol. The van der Waals surface area contributed by atoms with Gasteiger partial charge in [0.1, 0.15) is 6.10 Å². The molecule has 0 bridgehead atoms. The van der Waals surface area contributed by atoms with E-state index in [0.717, 1.165) is 32.1 Å². The van der Waals surface area contributed by atoms with Gasteiger partial charge in [0.2, 0.25) is 0 Å². The highest BCUT2D eigenvalue weighted by Gasteiger charge is 2.35. The standard InChI is InChI=1S/C32H58O4/c1-3-5-7-9-11-13-15-17-19-21-25-28(24-20-18-16-14-12-10-8-6-4-2)36-32(35)30-27-23-22-26-29(30)31(33)34/h23,27-30H,3-22,24-26H2,1-2H3,(H,33,34). The normalized spacial score (nSPS) is 18.3. The molecule has 0 saturated heterocycles. The molecular weight excluding hydrogens is 448 g/mol. The van der Waals surface area contributed by atoms with Crippen molar-refractivity contribution in [3.63, 3.8) is 0 Å². The van der Waals surface area contributed by atoms with E-state index in [1.54, 1.807) is 6.08 Å². The average Bonchev–Trinajstić information content (AvgIpc) is 2.88. The van der Waals surface area contributed by atoms with Crippen LogP contribution in [0.4, 0.5) is 0 Å². The Balaban J connectivity index is 2.37. The van der Waals surface area contributed by atoms with Crippen molar-refractivity contribution in [2.45, 2.75) is 168 Å². The summed E-state index contributed by atoms with van der Waals surface area (Å²) in [5, 5.41) is 9.55. The van der Waals surface area contributed by atoms with Crippen LogP contribution < -0.4 is 0 Å². The number of carbonyl (C=O) groups excluding carboxylic acids is 1. The van der Waals surface area contributed by atoms with Crippen molar-refractivity contribution in [3.8, 4) is 0 Å². The van der Waals surface area contributed by atoms with Crippen LogP contribution in [-0.2, 0) is 14.3 Å². The highest BCUT2D eigenvalue weighted by molar-refractivity contribution is 5.83. The molecule has 3 unspecified atom stereocenters. The lowest BCUT2D eigenvalue weighted by Crippen LogP contribution is -2.33. The molecule has 210 valence electrons. The first-order valence-corrected chi connectivity index (χ1v) is 15.7. The van der Waals surface area contributed by atoms with Gasteiger partial charge in [0.15, 0.2) is 0 Å². The van der Waals surface area contributed by atoms with Crippen LogP contribution in [0.1, 0.15) is 162 Å². The van der Waals surface area contributed by atoms with E-state index >= 15 is 0 Å². The second kappa shape index (κ2) is 22.8. The van der Waals surface area contributed by atoms with Gasteiger partial charge in [-0.25, -0.2) is 0 Å². The van der Waals surface area contributed by atoms with Crippen molar-refractivity contribution in [2.75, 3.05) is 0 Å². The predicted molar refractivity (Wildman–Crippen MR) is 151 cm³/mol. The predicted octanol–water partition coefficient (Wildman–Crippen LogP) is 9.80. The van der Waals surface area contributed by atoms with Crippen LogP contribution in [0.3, 0.4) is 0 Å². The van der Waals surface area contributed by atoms with E-state index in [-0.39, 0.29) is 12.1 Å². The largest absolute Gasteiger partial charge is 0.481 e. The summed E-state index contributed by atoms with van der Waals surface area (Å²) in [6.45, 7) is 4.52. The lowest BCUT2D eigenvalue weighted by Gasteiger charge is -2.26. The Morgan fingerprint density at radius 3 is 1.56 bits per heavy atom. The third-order valence-electron chi connectivity index (χ3n) is 7.80. The Morgan fingerprint density at radius 1 is 0.722 bits per heavy atom. The molecule has 0 spiro atoms. The van der Waals surface area contributed by atoms with Crippen LogP contribution in [0.2, 0.25) is 0 Å². The maximum absolute atomic E-state index is 12.9. The summed E-state index contributed by atoms with van der Waals surface area (Å²) in [7, 11) is 0. The third kappa shape index (κ3) is 16.4. The maximum Gasteiger partial charge on any atom is 0.313 e. The van der Waals surface area contributed by atoms with Crippen LogP contribution in [0.15, 0.2) is 12.2 Å². The number of hydrogen-bond donors (Lipinski definition) is 1. The fourth-order valence-corrected chi connectivity index (χ4v) is 5.40. The van der Waals surface area contributed by atoms with Crippen molar-refractivity contribution < 1.29 is 19.4 Å². The van der Waals surface area contributed by atoms with Gasteiger partial charge in [-0.1, -0.05) is 135 Å². The van der Waals surface area contributed by atoms with Gasteiger partial charge in [-0.15, -0.1) is 0 Å². The molecule has 0 amide bonds. The van der Waals surface area contributed by atoms with E-state index in [2.05, 4.69) is 13.8 Å². The van der Waals surface area contributed by atoms with E-state index in [0.29, 0.717) is 6.42 Å². The molecule has 0 saturated carbocycles. The molecule has 3 atom stereocenters. The molecule has 0 fully saturated rings. The van der Waals surface area contributed by atoms with Crippen molar-refractivity contribution in [3.05, 3.63) is 12.2 Å². The van der Waals surface area contributed by atoms with Crippen LogP contribution in [0.5, 0.6) is 0 Å². The zero-order valence-corrected chi connectivity index (χ0v) is 23.8. The number of ether oxygens (including phenoxy) is 1. The van der Waals surface area contributed by atoms with Gasteiger partial charge in [0, 0.05) is 0 Å². The number of rotatable bonds is 24. The highest BCUT2D eigenvalue weighted by atomic mass is 16.5. The molecule has 4 heteroatoms. The molecule has 0 aliphatic heterocycles. The topological polar surface area (TPSA) is 63.6 Å². The minimum Gasteiger partial charge on any atom is -0.481 e. The smallest absolute Gasteiger partial charge is 0.313 e. The van der Waals surface area contributed by atoms with Crippen molar-refractivity contribution in [1.82, 2.24) is 0 Å². The summed E-state index contributed by atoms with van der Waals surface area (Å²) in [5.41, 5.74) is 0. The third-order valence-corrected chi connectivity index (χ3v) is 7.80. The Bertz CT molecular complexity index is 571. The van der Waals surface area contributed by atoms with E-state index in [1.165, 1.54) is 109 Å². The van der Waals surface area contributed by atoms with Crippen LogP contribution in [0, 0.1) is 11.8 Å². The number of unbranched alkanes of at least 4 members (excludes halogenated alkanes) is 17. The van der Waals surface area contributed by atoms with E-state index in [4.69, 9.17) is 4.74 Å². The Morgan fingerprint density at radius 2 is 1.14 bits per heavy atom. The summed E-state index contributed by atoms with van der Waals surface area (Å²) in [6.07, 6.45) is 31.2. The van der Waals surface area contributed by atoms with E-state index < -0.39 is 17.8 Å². The molecule has 1 N–H and O–H groups in total. The first-order valence-electron chi connectivity index (χ1n) is 15.7. The minimum absolute atomic E-state index is 0.0686. The lowest BCUT2D eigenvalue weighted by atomic mass is 9.84. The van der Waals surface area contributed by atoms with Gasteiger partial charge in [-0.3, -0.25) is 9.59 Å². The van der Waals surface area contributed by atoms with Crippen molar-refractivity contribution in [1.29, 1.82) is 0 Å². The fraction of sp³-hybridized carbons (Fsp3) is 0.875. The first-order chi connectivity index (χ1) is 17.6. The van der Waals surface area contributed by atoms with Gasteiger partial charge in [-0.05, 0) is 38.5 Å². The highest BCUT2D eigenvalue weighted by Crippen LogP contribution is 2.28. The number of carboxylic acid groups (broad SMARTS) is 1. The number of allylic oxidation sites excluding steroid dienone is 1. The van der Waals surface area contributed by atoms with Gasteiger partial charge in [-0.2, -0.15) is 0 Å². The second-order valence-corrected chi connectivity index (χ2v) is 11.1. The molecular formula is C32H58O4. The van der Waals surface area contributed by atoms with Crippen LogP contribution in [-0.4, -0.2) is 23.1 Å². The SMILES string of the molecule is CCCCCCCCCCCCC(CCCCCCCCCCC)OC(=O)C1C=CCCC1C(=O)O. The molecule has 1 rings (SSSR count). The van der Waals surface area contributed by atoms with Gasteiger partial charge in [0.05, 0.1) is 11.8 Å². The van der Waals surface area contributed by atoms with Crippen LogP contribution >= 0.6 is 0 Å². The lowest BCUT2D eigenvalue weighted by molar-refractivity contribution is -0.160. The Labute approximate surface area is 223 Å². The molecule has 1 aliphatic carbocycles. The van der Waals surface area contributed by atoms with Crippen LogP contribution in [0.25, 0.3) is 0 Å².